The quantitative estimate of drug-likeness (QED) is 0.144. The summed E-state index contributed by atoms with van der Waals surface area (Å²) < 4.78 is 0. The first-order chi connectivity index (χ1) is 14.7. The average molecular weight is 425 g/mol. The van der Waals surface area contributed by atoms with Crippen LogP contribution in [0.2, 0.25) is 0 Å². The average Bonchev–Trinajstić information content (AvgIpc) is 2.75. The molecule has 0 amide bonds. The lowest BCUT2D eigenvalue weighted by atomic mass is 9.83. The Balaban J connectivity index is 3.72. The zero-order chi connectivity index (χ0) is 22.2. The van der Waals surface area contributed by atoms with Gasteiger partial charge in [-0.3, -0.25) is 0 Å². The predicted octanol–water partition coefficient (Wildman–Crippen LogP) is 9.04. The van der Waals surface area contributed by atoms with E-state index >= 15 is 0 Å². The molecule has 0 aromatic rings. The van der Waals surface area contributed by atoms with Gasteiger partial charge in [0.2, 0.25) is 0 Å². The van der Waals surface area contributed by atoms with Crippen LogP contribution in [0, 0.1) is 0 Å². The largest absolute Gasteiger partial charge is 0.330 e. The maximum atomic E-state index is 6.85. The summed E-state index contributed by atoms with van der Waals surface area (Å²) in [4.78, 5) is 0. The fourth-order valence-corrected chi connectivity index (χ4v) is 4.76. The zero-order valence-electron chi connectivity index (χ0n) is 21.3. The van der Waals surface area contributed by atoms with Crippen LogP contribution in [0.15, 0.2) is 0 Å². The predicted molar refractivity (Wildman–Crippen MR) is 138 cm³/mol. The molecule has 0 atom stereocenters. The van der Waals surface area contributed by atoms with Gasteiger partial charge in [-0.05, 0) is 32.2 Å². The summed E-state index contributed by atoms with van der Waals surface area (Å²) in [6.45, 7) is 5.37. The summed E-state index contributed by atoms with van der Waals surface area (Å²) in [5.74, 6) is 0. The first-order valence-corrected chi connectivity index (χ1v) is 14.2. The molecule has 0 rings (SSSR count). The highest BCUT2D eigenvalue weighted by atomic mass is 14.7. The second-order valence-corrected chi connectivity index (χ2v) is 10.1. The molecular weight excluding hydrogens is 364 g/mol. The van der Waals surface area contributed by atoms with E-state index in [9.17, 15) is 0 Å². The van der Waals surface area contributed by atoms with Gasteiger partial charge in [0.15, 0.2) is 0 Å². The Morgan fingerprint density at radius 1 is 0.400 bits per heavy atom. The first kappa shape index (κ1) is 29.9. The summed E-state index contributed by atoms with van der Waals surface area (Å²) in [7, 11) is 0. The molecule has 30 heavy (non-hydrogen) atoms. The lowest BCUT2D eigenvalue weighted by Gasteiger charge is -2.30. The smallest absolute Gasteiger partial charge is 0.0154 e. The van der Waals surface area contributed by atoms with Crippen LogP contribution < -0.4 is 11.5 Å². The van der Waals surface area contributed by atoms with E-state index in [0.717, 1.165) is 19.4 Å². The number of hydrogen-bond donors (Lipinski definition) is 2. The van der Waals surface area contributed by atoms with Crippen LogP contribution in [-0.4, -0.2) is 12.1 Å². The Kier molecular flexibility index (Phi) is 23.5. The summed E-state index contributed by atoms with van der Waals surface area (Å²) in [5.41, 5.74) is 12.7. The van der Waals surface area contributed by atoms with Gasteiger partial charge in [-0.2, -0.15) is 0 Å². The maximum Gasteiger partial charge on any atom is 0.0154 e. The molecule has 0 saturated carbocycles. The van der Waals surface area contributed by atoms with Crippen LogP contribution in [0.4, 0.5) is 0 Å². The van der Waals surface area contributed by atoms with Gasteiger partial charge in [0.1, 0.15) is 0 Å². The van der Waals surface area contributed by atoms with E-state index in [-0.39, 0.29) is 5.54 Å². The van der Waals surface area contributed by atoms with Gasteiger partial charge in [-0.25, -0.2) is 0 Å². The highest BCUT2D eigenvalue weighted by Gasteiger charge is 2.23. The van der Waals surface area contributed by atoms with Crippen LogP contribution in [-0.2, 0) is 0 Å². The van der Waals surface area contributed by atoms with Crippen LogP contribution in [0.1, 0.15) is 168 Å². The van der Waals surface area contributed by atoms with Gasteiger partial charge in [-0.15, -0.1) is 0 Å². The van der Waals surface area contributed by atoms with Gasteiger partial charge in [0.25, 0.3) is 0 Å². The van der Waals surface area contributed by atoms with Crippen molar-refractivity contribution in [2.45, 2.75) is 173 Å². The fraction of sp³-hybridized carbons (Fsp3) is 1.00. The Morgan fingerprint density at radius 3 is 0.967 bits per heavy atom. The third-order valence-electron chi connectivity index (χ3n) is 6.94. The van der Waals surface area contributed by atoms with E-state index in [2.05, 4.69) is 13.8 Å². The summed E-state index contributed by atoms with van der Waals surface area (Å²) in [6, 6.07) is 0. The van der Waals surface area contributed by atoms with E-state index in [1.165, 1.54) is 141 Å². The fourth-order valence-electron chi connectivity index (χ4n) is 4.76. The molecule has 0 saturated heterocycles. The molecule has 0 unspecified atom stereocenters. The van der Waals surface area contributed by atoms with Crippen molar-refractivity contribution in [3.8, 4) is 0 Å². The van der Waals surface area contributed by atoms with Gasteiger partial charge in [0.05, 0.1) is 0 Å². The van der Waals surface area contributed by atoms with E-state index in [1.54, 1.807) is 0 Å². The van der Waals surface area contributed by atoms with Gasteiger partial charge in [0, 0.05) is 5.54 Å². The van der Waals surface area contributed by atoms with Crippen molar-refractivity contribution < 1.29 is 0 Å². The Labute approximate surface area is 191 Å². The zero-order valence-corrected chi connectivity index (χ0v) is 21.3. The van der Waals surface area contributed by atoms with E-state index in [4.69, 9.17) is 11.5 Å². The molecule has 0 radical (unpaired) electrons. The summed E-state index contributed by atoms with van der Waals surface area (Å²) >= 11 is 0. The highest BCUT2D eigenvalue weighted by Crippen LogP contribution is 2.25. The molecule has 0 aliphatic heterocycles. The standard InChI is InChI=1S/C28H60N2/c1-3-5-7-9-11-13-15-17-19-21-24-28(30,26-23-27-29)25-22-20-18-16-14-12-10-8-6-4-2/h3-27,29-30H2,1-2H3. The van der Waals surface area contributed by atoms with Crippen LogP contribution in [0.25, 0.3) is 0 Å². The van der Waals surface area contributed by atoms with Crippen molar-refractivity contribution >= 4 is 0 Å². The maximum absolute atomic E-state index is 6.85. The molecule has 0 bridgehead atoms. The molecule has 0 aromatic carbocycles. The minimum atomic E-state index is 0.0552. The van der Waals surface area contributed by atoms with Crippen molar-refractivity contribution in [1.29, 1.82) is 0 Å². The number of hydrogen-bond acceptors (Lipinski definition) is 2. The van der Waals surface area contributed by atoms with E-state index in [0.29, 0.717) is 0 Å². The van der Waals surface area contributed by atoms with Crippen molar-refractivity contribution in [2.24, 2.45) is 11.5 Å². The highest BCUT2D eigenvalue weighted by molar-refractivity contribution is 4.84. The third-order valence-corrected chi connectivity index (χ3v) is 6.94. The summed E-state index contributed by atoms with van der Waals surface area (Å²) in [6.07, 6.45) is 32.7. The monoisotopic (exact) mass is 424 g/mol. The van der Waals surface area contributed by atoms with Crippen LogP contribution >= 0.6 is 0 Å². The molecule has 0 heterocycles. The first-order valence-electron chi connectivity index (χ1n) is 14.2. The molecule has 0 spiro atoms. The number of nitrogens with two attached hydrogens (primary N) is 2. The minimum Gasteiger partial charge on any atom is -0.330 e. The third kappa shape index (κ3) is 21.2. The molecule has 4 N–H and O–H groups in total. The van der Waals surface area contributed by atoms with E-state index < -0.39 is 0 Å². The topological polar surface area (TPSA) is 52.0 Å². The van der Waals surface area contributed by atoms with Gasteiger partial charge < -0.3 is 11.5 Å². The summed E-state index contributed by atoms with van der Waals surface area (Å²) in [5, 5.41) is 0. The van der Waals surface area contributed by atoms with Crippen molar-refractivity contribution in [3.05, 3.63) is 0 Å². The molecule has 0 aromatic heterocycles. The van der Waals surface area contributed by atoms with Crippen LogP contribution in [0.3, 0.4) is 0 Å². The Bertz CT molecular complexity index is 292. The molecule has 0 aliphatic carbocycles. The molecular formula is C28H60N2. The van der Waals surface area contributed by atoms with E-state index in [1.807, 2.05) is 0 Å². The molecule has 2 heteroatoms. The number of unbranched alkanes of at least 4 members (excludes halogenated alkanes) is 18. The van der Waals surface area contributed by atoms with Crippen molar-refractivity contribution in [3.63, 3.8) is 0 Å². The lowest BCUT2D eigenvalue weighted by Crippen LogP contribution is -2.40. The molecule has 0 fully saturated rings. The second-order valence-electron chi connectivity index (χ2n) is 10.1. The molecule has 182 valence electrons. The normalized spacial score (nSPS) is 12.0. The Morgan fingerprint density at radius 2 is 0.667 bits per heavy atom. The second kappa shape index (κ2) is 23.6. The number of rotatable bonds is 25. The van der Waals surface area contributed by atoms with Gasteiger partial charge >= 0.3 is 0 Å². The lowest BCUT2D eigenvalue weighted by molar-refractivity contribution is 0.308. The van der Waals surface area contributed by atoms with Gasteiger partial charge in [-0.1, -0.05) is 142 Å². The SMILES string of the molecule is CCCCCCCCCCCCC(N)(CCCN)CCCCCCCCCCCC. The Hall–Kier alpha value is -0.0800. The molecule has 0 aliphatic rings. The minimum absolute atomic E-state index is 0.0552. The van der Waals surface area contributed by atoms with Crippen LogP contribution in [0.5, 0.6) is 0 Å². The molecule has 2 nitrogen and oxygen atoms in total. The van der Waals surface area contributed by atoms with Crippen molar-refractivity contribution in [1.82, 2.24) is 0 Å². The van der Waals surface area contributed by atoms with Crippen molar-refractivity contribution in [2.75, 3.05) is 6.54 Å².